The van der Waals surface area contributed by atoms with E-state index in [1.54, 1.807) is 25.3 Å². The molecule has 1 fully saturated rings. The highest BCUT2D eigenvalue weighted by atomic mass is 32.2. The zero-order valence-electron chi connectivity index (χ0n) is 23.8. The van der Waals surface area contributed by atoms with Crippen LogP contribution in [0, 0.1) is 13.8 Å². The molecule has 0 aromatic heterocycles. The van der Waals surface area contributed by atoms with Gasteiger partial charge in [-0.1, -0.05) is 13.3 Å². The number of nitrogens with one attached hydrogen (secondary N) is 1. The van der Waals surface area contributed by atoms with E-state index >= 15 is 0 Å². The minimum atomic E-state index is -3.73. The molecule has 1 spiro atoms. The summed E-state index contributed by atoms with van der Waals surface area (Å²) in [5, 5.41) is 4.03. The maximum absolute atomic E-state index is 13.1. The highest BCUT2D eigenvalue weighted by Crippen LogP contribution is 2.32. The van der Waals surface area contributed by atoms with Gasteiger partial charge >= 0.3 is 6.03 Å². The molecule has 0 aliphatic carbocycles. The zero-order valence-corrected chi connectivity index (χ0v) is 25.4. The first-order chi connectivity index (χ1) is 18.7. The number of nitrogens with zero attached hydrogens (tertiary/aromatic N) is 3. The van der Waals surface area contributed by atoms with Crippen molar-refractivity contribution in [1.29, 1.82) is 0 Å². The summed E-state index contributed by atoms with van der Waals surface area (Å²) in [5.74, 6) is 0.782. The van der Waals surface area contributed by atoms with Crippen molar-refractivity contribution in [2.24, 2.45) is 10.7 Å². The van der Waals surface area contributed by atoms with Crippen molar-refractivity contribution in [2.45, 2.75) is 71.3 Å². The SMILES string of the molecule is CCCS(=O)(=O)CCCCCC1=NC2(CCN(S(=O)(=O)C=Cc3c(C)cc(N(C)C(N)=O)cc3C)CC2)C(=O)N1. The molecular formula is C27H41N5O6S2. The number of sulfonamides is 1. The molecule has 2 aliphatic heterocycles. The average Bonchev–Trinajstić information content (AvgIpc) is 3.16. The first-order valence-electron chi connectivity index (χ1n) is 13.6. The van der Waals surface area contributed by atoms with E-state index in [1.165, 1.54) is 14.6 Å². The van der Waals surface area contributed by atoms with Gasteiger partial charge in [0, 0.05) is 43.4 Å². The van der Waals surface area contributed by atoms with E-state index in [2.05, 4.69) is 10.3 Å². The second kappa shape index (κ2) is 12.8. The lowest BCUT2D eigenvalue weighted by molar-refractivity contribution is -0.124. The van der Waals surface area contributed by atoms with Gasteiger partial charge in [0.2, 0.25) is 10.0 Å². The Balaban J connectivity index is 1.58. The molecule has 2 aliphatic rings. The maximum atomic E-state index is 13.1. The number of carbonyl (C=O) groups is 2. The van der Waals surface area contributed by atoms with Crippen LogP contribution in [0.2, 0.25) is 0 Å². The van der Waals surface area contributed by atoms with E-state index in [1.807, 2.05) is 20.8 Å². The van der Waals surface area contributed by atoms with Gasteiger partial charge in [0.25, 0.3) is 5.91 Å². The molecule has 0 radical (unpaired) electrons. The number of hydrogen-bond donors (Lipinski definition) is 2. The predicted molar refractivity (Wildman–Crippen MR) is 158 cm³/mol. The van der Waals surface area contributed by atoms with E-state index in [4.69, 9.17) is 5.73 Å². The molecule has 11 nitrogen and oxygen atoms in total. The monoisotopic (exact) mass is 595 g/mol. The first kappa shape index (κ1) is 31.8. The Bertz CT molecular complexity index is 1370. The summed E-state index contributed by atoms with van der Waals surface area (Å²) in [6.45, 7) is 5.87. The summed E-state index contributed by atoms with van der Waals surface area (Å²) < 4.78 is 51.3. The maximum Gasteiger partial charge on any atom is 0.318 e. The lowest BCUT2D eigenvalue weighted by Crippen LogP contribution is -2.50. The minimum absolute atomic E-state index is 0.173. The number of nitrogens with two attached hydrogens (primary N) is 1. The lowest BCUT2D eigenvalue weighted by Gasteiger charge is -2.34. The molecule has 40 heavy (non-hydrogen) atoms. The Hall–Kier alpha value is -2.77. The van der Waals surface area contributed by atoms with Crippen molar-refractivity contribution in [3.63, 3.8) is 0 Å². The van der Waals surface area contributed by atoms with Crippen molar-refractivity contribution in [3.05, 3.63) is 34.2 Å². The van der Waals surface area contributed by atoms with Gasteiger partial charge in [-0.3, -0.25) is 14.7 Å². The molecule has 222 valence electrons. The number of sulfone groups is 1. The number of anilines is 1. The molecule has 1 aromatic carbocycles. The third-order valence-electron chi connectivity index (χ3n) is 7.53. The third-order valence-corrected chi connectivity index (χ3v) is 11.0. The smallest absolute Gasteiger partial charge is 0.318 e. The fourth-order valence-corrected chi connectivity index (χ4v) is 7.77. The number of rotatable bonds is 12. The second-order valence-electron chi connectivity index (χ2n) is 10.6. The molecule has 0 unspecified atom stereocenters. The summed E-state index contributed by atoms with van der Waals surface area (Å²) in [4.78, 5) is 30.3. The number of piperidine rings is 1. The van der Waals surface area contributed by atoms with Crippen molar-refractivity contribution in [1.82, 2.24) is 9.62 Å². The van der Waals surface area contributed by atoms with Gasteiger partial charge in [-0.2, -0.15) is 4.31 Å². The molecule has 3 amide bonds. The number of hydrogen-bond acceptors (Lipinski definition) is 7. The molecule has 3 rings (SSSR count). The molecule has 1 saturated heterocycles. The molecule has 3 N–H and O–H groups in total. The Morgan fingerprint density at radius 1 is 1.10 bits per heavy atom. The number of carbonyl (C=O) groups excluding carboxylic acids is 2. The highest BCUT2D eigenvalue weighted by Gasteiger charge is 2.46. The van der Waals surface area contributed by atoms with Crippen LogP contribution in [0.4, 0.5) is 10.5 Å². The van der Waals surface area contributed by atoms with Crippen LogP contribution in [-0.4, -0.2) is 76.1 Å². The van der Waals surface area contributed by atoms with Crippen LogP contribution in [-0.2, 0) is 24.7 Å². The van der Waals surface area contributed by atoms with E-state index in [0.717, 1.165) is 29.5 Å². The van der Waals surface area contributed by atoms with Crippen LogP contribution >= 0.6 is 0 Å². The van der Waals surface area contributed by atoms with Crippen molar-refractivity contribution >= 4 is 49.4 Å². The highest BCUT2D eigenvalue weighted by molar-refractivity contribution is 7.92. The molecule has 13 heteroatoms. The Morgan fingerprint density at radius 3 is 2.30 bits per heavy atom. The van der Waals surface area contributed by atoms with Gasteiger partial charge in [0.1, 0.15) is 21.2 Å². The van der Waals surface area contributed by atoms with Crippen molar-refractivity contribution < 1.29 is 26.4 Å². The van der Waals surface area contributed by atoms with Crippen molar-refractivity contribution in [3.8, 4) is 0 Å². The second-order valence-corrected chi connectivity index (χ2v) is 14.8. The van der Waals surface area contributed by atoms with E-state index < -0.39 is 31.4 Å². The summed E-state index contributed by atoms with van der Waals surface area (Å²) in [6.07, 6.45) is 5.35. The third kappa shape index (κ3) is 7.70. The van der Waals surface area contributed by atoms with Gasteiger partial charge in [0.05, 0.1) is 5.75 Å². The molecule has 0 atom stereocenters. The number of primary amides is 1. The Kier molecular flexibility index (Phi) is 10.2. The number of benzene rings is 1. The molecular weight excluding hydrogens is 554 g/mol. The van der Waals surface area contributed by atoms with Crippen LogP contribution in [0.15, 0.2) is 22.5 Å². The van der Waals surface area contributed by atoms with E-state index in [9.17, 15) is 26.4 Å². The topological polar surface area (TPSA) is 159 Å². The Labute approximate surface area is 237 Å². The van der Waals surface area contributed by atoms with Gasteiger partial charge in [-0.25, -0.2) is 21.6 Å². The summed E-state index contributed by atoms with van der Waals surface area (Å²) in [6, 6.07) is 2.96. The van der Waals surface area contributed by atoms with Crippen LogP contribution in [0.25, 0.3) is 6.08 Å². The molecule has 0 saturated carbocycles. The van der Waals surface area contributed by atoms with Gasteiger partial charge in [0.15, 0.2) is 0 Å². The number of urea groups is 1. The van der Waals surface area contributed by atoms with Crippen LogP contribution < -0.4 is 16.0 Å². The van der Waals surface area contributed by atoms with Gasteiger partial charge in [-0.15, -0.1) is 0 Å². The van der Waals surface area contributed by atoms with E-state index in [0.29, 0.717) is 30.8 Å². The summed E-state index contributed by atoms with van der Waals surface area (Å²) in [7, 11) is -5.15. The van der Waals surface area contributed by atoms with Crippen LogP contribution in [0.3, 0.4) is 0 Å². The van der Waals surface area contributed by atoms with Gasteiger partial charge in [-0.05, 0) is 80.9 Å². The molecule has 2 heterocycles. The summed E-state index contributed by atoms with van der Waals surface area (Å²) in [5.41, 5.74) is 7.38. The molecule has 0 bridgehead atoms. The predicted octanol–water partition coefficient (Wildman–Crippen LogP) is 2.87. The number of amides is 3. The number of unbranched alkanes of at least 4 members (excludes halogenated alkanes) is 2. The largest absolute Gasteiger partial charge is 0.351 e. The van der Waals surface area contributed by atoms with Crippen molar-refractivity contribution in [2.75, 3.05) is 36.5 Å². The molecule has 1 aromatic rings. The quantitative estimate of drug-likeness (QED) is 0.354. The van der Waals surface area contributed by atoms with Gasteiger partial charge < -0.3 is 11.1 Å². The lowest BCUT2D eigenvalue weighted by atomic mass is 9.89. The average molecular weight is 596 g/mol. The zero-order chi connectivity index (χ0) is 29.7. The fourth-order valence-electron chi connectivity index (χ4n) is 5.13. The summed E-state index contributed by atoms with van der Waals surface area (Å²) >= 11 is 0. The van der Waals surface area contributed by atoms with Crippen LogP contribution in [0.5, 0.6) is 0 Å². The first-order valence-corrected chi connectivity index (χ1v) is 17.0. The van der Waals surface area contributed by atoms with Crippen LogP contribution in [0.1, 0.15) is 68.6 Å². The number of aliphatic imine (C=N–C) groups is 1. The Morgan fingerprint density at radius 2 is 1.73 bits per heavy atom. The van der Waals surface area contributed by atoms with E-state index in [-0.39, 0.29) is 43.3 Å². The number of amidine groups is 1. The number of aryl methyl sites for hydroxylation is 2. The standard InChI is InChI=1S/C27H41N5O6S2/c1-5-15-39(35,36)16-8-6-7-9-24-29-25(33)27(30-24)11-13-32(14-12-27)40(37,38)17-10-23-20(2)18-22(19-21(23)3)31(4)26(28)34/h10,17-19H,5-9,11-16H2,1-4H3,(H2,28,34)(H,29,30,33). The normalized spacial score (nSPS) is 17.8. The minimum Gasteiger partial charge on any atom is -0.351 e. The fraction of sp³-hybridized carbons (Fsp3) is 0.593.